The van der Waals surface area contributed by atoms with Crippen LogP contribution in [0.25, 0.3) is 0 Å². The zero-order valence-corrected chi connectivity index (χ0v) is 11.4. The first-order valence-corrected chi connectivity index (χ1v) is 8.32. The van der Waals surface area contributed by atoms with E-state index in [9.17, 15) is 8.42 Å². The lowest BCUT2D eigenvalue weighted by atomic mass is 9.88. The Morgan fingerprint density at radius 1 is 1.24 bits per heavy atom. The van der Waals surface area contributed by atoms with E-state index in [2.05, 4.69) is 0 Å². The summed E-state index contributed by atoms with van der Waals surface area (Å²) >= 11 is 0. The lowest BCUT2D eigenvalue weighted by Crippen LogP contribution is -2.24. The predicted octanol–water partition coefficient (Wildman–Crippen LogP) is 1.38. The van der Waals surface area contributed by atoms with E-state index in [1.807, 2.05) is 0 Å². The van der Waals surface area contributed by atoms with Crippen molar-refractivity contribution in [1.29, 1.82) is 0 Å². The summed E-state index contributed by atoms with van der Waals surface area (Å²) in [7, 11) is -2.85. The Kier molecular flexibility index (Phi) is 6.44. The molecule has 1 saturated carbocycles. The molecule has 4 nitrogen and oxygen atoms in total. The van der Waals surface area contributed by atoms with Gasteiger partial charge in [0.15, 0.2) is 0 Å². The zero-order chi connectivity index (χ0) is 12.7. The van der Waals surface area contributed by atoms with Crippen LogP contribution in [0.3, 0.4) is 0 Å². The van der Waals surface area contributed by atoms with Crippen molar-refractivity contribution < 1.29 is 18.3 Å². The molecule has 0 atom stereocenters. The van der Waals surface area contributed by atoms with Crippen molar-refractivity contribution in [1.82, 2.24) is 0 Å². The lowest BCUT2D eigenvalue weighted by Gasteiger charge is -2.27. The number of ether oxygens (including phenoxy) is 1. The van der Waals surface area contributed by atoms with E-state index in [1.54, 1.807) is 6.92 Å². The van der Waals surface area contributed by atoms with E-state index in [0.717, 1.165) is 25.7 Å². The molecule has 5 heteroatoms. The van der Waals surface area contributed by atoms with Crippen molar-refractivity contribution in [3.8, 4) is 0 Å². The summed E-state index contributed by atoms with van der Waals surface area (Å²) in [5.41, 5.74) is 0. The Hall–Kier alpha value is -0.130. The second kappa shape index (κ2) is 7.34. The Morgan fingerprint density at radius 3 is 2.41 bits per heavy atom. The van der Waals surface area contributed by atoms with Crippen molar-refractivity contribution in [2.45, 2.75) is 45.1 Å². The highest BCUT2D eigenvalue weighted by Gasteiger charge is 2.20. The van der Waals surface area contributed by atoms with E-state index in [4.69, 9.17) is 9.84 Å². The van der Waals surface area contributed by atoms with Crippen LogP contribution in [0, 0.1) is 5.92 Å². The van der Waals surface area contributed by atoms with Gasteiger partial charge in [-0.1, -0.05) is 6.92 Å². The monoisotopic (exact) mass is 264 g/mol. The molecule has 0 amide bonds. The van der Waals surface area contributed by atoms with Gasteiger partial charge in [-0.2, -0.15) is 0 Å². The Balaban J connectivity index is 2.08. The number of sulfone groups is 1. The Morgan fingerprint density at radius 2 is 1.88 bits per heavy atom. The number of hydrogen-bond acceptors (Lipinski definition) is 4. The van der Waals surface area contributed by atoms with E-state index in [-0.39, 0.29) is 24.2 Å². The van der Waals surface area contributed by atoms with Crippen LogP contribution in [0.1, 0.15) is 39.0 Å². The maximum absolute atomic E-state index is 11.2. The minimum Gasteiger partial charge on any atom is -0.396 e. The van der Waals surface area contributed by atoms with Crippen LogP contribution in [0.5, 0.6) is 0 Å². The van der Waals surface area contributed by atoms with Crippen LogP contribution >= 0.6 is 0 Å². The molecule has 0 aromatic rings. The van der Waals surface area contributed by atoms with Crippen molar-refractivity contribution in [2.75, 3.05) is 24.7 Å². The van der Waals surface area contributed by atoms with Gasteiger partial charge in [-0.3, -0.25) is 0 Å². The quantitative estimate of drug-likeness (QED) is 0.706. The lowest BCUT2D eigenvalue weighted by molar-refractivity contribution is 0.0120. The highest BCUT2D eigenvalue weighted by Crippen LogP contribution is 2.25. The molecule has 17 heavy (non-hydrogen) atoms. The van der Waals surface area contributed by atoms with Crippen LogP contribution in [0.15, 0.2) is 0 Å². The third-order valence-electron chi connectivity index (χ3n) is 3.45. The fraction of sp³-hybridized carbons (Fsp3) is 1.00. The molecule has 0 heterocycles. The molecule has 0 bridgehead atoms. The largest absolute Gasteiger partial charge is 0.396 e. The van der Waals surface area contributed by atoms with Crippen molar-refractivity contribution in [2.24, 2.45) is 5.92 Å². The summed E-state index contributed by atoms with van der Waals surface area (Å²) in [6.45, 7) is 2.49. The minimum absolute atomic E-state index is 0.217. The van der Waals surface area contributed by atoms with Crippen molar-refractivity contribution in [3.63, 3.8) is 0 Å². The number of aliphatic hydroxyl groups is 1. The van der Waals surface area contributed by atoms with Crippen LogP contribution in [-0.4, -0.2) is 44.3 Å². The van der Waals surface area contributed by atoms with E-state index in [0.29, 0.717) is 18.9 Å². The summed E-state index contributed by atoms with van der Waals surface area (Å²) in [5.74, 6) is 0.889. The SMILES string of the molecule is CCS(=O)(=O)CCCOC1CCC(CO)CC1. The van der Waals surface area contributed by atoms with Gasteiger partial charge in [0, 0.05) is 19.0 Å². The molecule has 0 aromatic heterocycles. The Labute approximate surface area is 104 Å². The molecule has 0 spiro atoms. The van der Waals surface area contributed by atoms with Gasteiger partial charge in [-0.05, 0) is 38.0 Å². The first-order valence-electron chi connectivity index (χ1n) is 6.50. The van der Waals surface area contributed by atoms with Gasteiger partial charge in [0.25, 0.3) is 0 Å². The number of rotatable bonds is 7. The van der Waals surface area contributed by atoms with Gasteiger partial charge in [0.05, 0.1) is 11.9 Å². The summed E-state index contributed by atoms with van der Waals surface area (Å²) in [6, 6.07) is 0. The molecule has 0 unspecified atom stereocenters. The number of hydrogen-bond donors (Lipinski definition) is 1. The number of aliphatic hydroxyl groups excluding tert-OH is 1. The van der Waals surface area contributed by atoms with Crippen LogP contribution in [0.2, 0.25) is 0 Å². The van der Waals surface area contributed by atoms with Crippen LogP contribution in [0.4, 0.5) is 0 Å². The van der Waals surface area contributed by atoms with Gasteiger partial charge in [0.2, 0.25) is 0 Å². The summed E-state index contributed by atoms with van der Waals surface area (Å²) < 4.78 is 28.2. The highest BCUT2D eigenvalue weighted by atomic mass is 32.2. The summed E-state index contributed by atoms with van der Waals surface area (Å²) in [6.07, 6.45) is 4.89. The second-order valence-corrected chi connectivity index (χ2v) is 7.26. The molecule has 1 rings (SSSR count). The predicted molar refractivity (Wildman–Crippen MR) is 67.7 cm³/mol. The summed E-state index contributed by atoms with van der Waals surface area (Å²) in [5, 5.41) is 9.00. The Bertz CT molecular complexity index is 292. The molecular weight excluding hydrogens is 240 g/mol. The molecule has 0 saturated heterocycles. The standard InChI is InChI=1S/C12H24O4S/c1-2-17(14,15)9-3-8-16-12-6-4-11(10-13)5-7-12/h11-13H,2-10H2,1H3. The van der Waals surface area contributed by atoms with E-state index >= 15 is 0 Å². The average molecular weight is 264 g/mol. The highest BCUT2D eigenvalue weighted by molar-refractivity contribution is 7.91. The van der Waals surface area contributed by atoms with Gasteiger partial charge < -0.3 is 9.84 Å². The molecule has 0 aromatic carbocycles. The maximum Gasteiger partial charge on any atom is 0.150 e. The van der Waals surface area contributed by atoms with Crippen molar-refractivity contribution in [3.05, 3.63) is 0 Å². The third-order valence-corrected chi connectivity index (χ3v) is 5.24. The molecule has 0 radical (unpaired) electrons. The van der Waals surface area contributed by atoms with Crippen LogP contribution < -0.4 is 0 Å². The second-order valence-electron chi connectivity index (χ2n) is 4.79. The molecule has 1 aliphatic rings. The fourth-order valence-corrected chi connectivity index (χ4v) is 3.00. The molecular formula is C12H24O4S. The minimum atomic E-state index is -2.85. The normalized spacial score (nSPS) is 26.0. The first-order chi connectivity index (χ1) is 8.07. The third kappa shape index (κ3) is 5.84. The van der Waals surface area contributed by atoms with E-state index in [1.165, 1.54) is 0 Å². The van der Waals surface area contributed by atoms with Crippen LogP contribution in [-0.2, 0) is 14.6 Å². The first kappa shape index (κ1) is 14.9. The molecule has 0 aliphatic heterocycles. The van der Waals surface area contributed by atoms with Crippen molar-refractivity contribution >= 4 is 9.84 Å². The average Bonchev–Trinajstić information content (AvgIpc) is 2.35. The molecule has 1 N–H and O–H groups in total. The maximum atomic E-state index is 11.2. The zero-order valence-electron chi connectivity index (χ0n) is 10.6. The topological polar surface area (TPSA) is 63.6 Å². The van der Waals surface area contributed by atoms with Gasteiger partial charge in [-0.15, -0.1) is 0 Å². The molecule has 1 fully saturated rings. The van der Waals surface area contributed by atoms with Gasteiger partial charge >= 0.3 is 0 Å². The fourth-order valence-electron chi connectivity index (χ4n) is 2.15. The van der Waals surface area contributed by atoms with Gasteiger partial charge in [0.1, 0.15) is 9.84 Å². The molecule has 1 aliphatic carbocycles. The van der Waals surface area contributed by atoms with Gasteiger partial charge in [-0.25, -0.2) is 8.42 Å². The smallest absolute Gasteiger partial charge is 0.150 e. The van der Waals surface area contributed by atoms with E-state index < -0.39 is 9.84 Å². The molecule has 102 valence electrons. The summed E-state index contributed by atoms with van der Waals surface area (Å²) in [4.78, 5) is 0.